The van der Waals surface area contributed by atoms with E-state index in [1.165, 1.54) is 18.2 Å². The van der Waals surface area contributed by atoms with Gasteiger partial charge in [0.1, 0.15) is 16.5 Å². The van der Waals surface area contributed by atoms with Crippen molar-refractivity contribution in [3.63, 3.8) is 0 Å². The molecule has 0 fully saturated rings. The lowest BCUT2D eigenvalue weighted by Gasteiger charge is -1.99. The second-order valence-electron chi connectivity index (χ2n) is 4.12. The fraction of sp³-hybridized carbons (Fsp3) is 0. The van der Waals surface area contributed by atoms with Gasteiger partial charge in [-0.1, -0.05) is 17.7 Å². The lowest BCUT2D eigenvalue weighted by molar-refractivity contribution is -0.385. The summed E-state index contributed by atoms with van der Waals surface area (Å²) in [6.07, 6.45) is 1.16. The van der Waals surface area contributed by atoms with Gasteiger partial charge in [0.25, 0.3) is 11.4 Å². The van der Waals surface area contributed by atoms with E-state index < -0.39 is 15.7 Å². The van der Waals surface area contributed by atoms with Crippen LogP contribution in [-0.4, -0.2) is 16.1 Å². The van der Waals surface area contributed by atoms with Crippen LogP contribution in [-0.2, 0) is 0 Å². The van der Waals surface area contributed by atoms with Gasteiger partial charge in [0.15, 0.2) is 0 Å². The third kappa shape index (κ3) is 3.41. The second kappa shape index (κ2) is 6.27. The molecule has 0 spiro atoms. The van der Waals surface area contributed by atoms with Gasteiger partial charge in [-0.2, -0.15) is 0 Å². The fourth-order valence-electron chi connectivity index (χ4n) is 1.61. The van der Waals surface area contributed by atoms with Crippen molar-refractivity contribution < 1.29 is 14.2 Å². The third-order valence-corrected chi connectivity index (χ3v) is 2.98. The highest BCUT2D eigenvalue weighted by molar-refractivity contribution is 6.32. The van der Waals surface area contributed by atoms with Gasteiger partial charge in [0.2, 0.25) is 0 Å². The molecule has 2 aromatic carbocycles. The van der Waals surface area contributed by atoms with Crippen LogP contribution in [0, 0.1) is 26.0 Å². The van der Waals surface area contributed by atoms with Gasteiger partial charge in [-0.25, -0.2) is 4.39 Å². The Balaban J connectivity index is 2.36. The summed E-state index contributed by atoms with van der Waals surface area (Å²) < 4.78 is 13.5. The Morgan fingerprint density at radius 3 is 2.45 bits per heavy atom. The van der Waals surface area contributed by atoms with Crippen LogP contribution < -0.4 is 0 Å². The van der Waals surface area contributed by atoms with Gasteiger partial charge < -0.3 is 0 Å². The zero-order valence-corrected chi connectivity index (χ0v) is 11.5. The number of hydrogen-bond acceptors (Lipinski definition) is 5. The molecule has 22 heavy (non-hydrogen) atoms. The molecular weight excluding hydrogens is 317 g/mol. The van der Waals surface area contributed by atoms with Crippen LogP contribution in [0.5, 0.6) is 0 Å². The van der Waals surface area contributed by atoms with Gasteiger partial charge >= 0.3 is 0 Å². The number of benzene rings is 2. The average Bonchev–Trinajstić information content (AvgIpc) is 2.47. The molecule has 0 atom stereocenters. The topological polar surface area (TPSA) is 98.6 Å². The highest BCUT2D eigenvalue weighted by Gasteiger charge is 2.13. The standard InChI is InChI=1S/C13H7ClFN3O4/c14-10-3-1-8(5-13(10)18(21)22)7-16-12-6-9(17(19)20)2-4-11(12)15/h1-7H. The summed E-state index contributed by atoms with van der Waals surface area (Å²) in [5, 5.41) is 21.4. The van der Waals surface area contributed by atoms with E-state index in [0.29, 0.717) is 5.56 Å². The van der Waals surface area contributed by atoms with E-state index in [1.807, 2.05) is 0 Å². The molecule has 7 nitrogen and oxygen atoms in total. The smallest absolute Gasteiger partial charge is 0.258 e. The largest absolute Gasteiger partial charge is 0.288 e. The molecule has 0 unspecified atom stereocenters. The summed E-state index contributed by atoms with van der Waals surface area (Å²) in [7, 11) is 0. The zero-order valence-electron chi connectivity index (χ0n) is 10.8. The quantitative estimate of drug-likeness (QED) is 0.481. The predicted molar refractivity (Wildman–Crippen MR) is 78.4 cm³/mol. The van der Waals surface area contributed by atoms with Gasteiger partial charge in [-0.15, -0.1) is 0 Å². The Morgan fingerprint density at radius 1 is 1.09 bits per heavy atom. The Hall–Kier alpha value is -2.87. The number of nitro benzene ring substituents is 2. The molecular formula is C13H7ClFN3O4. The molecule has 0 saturated carbocycles. The van der Waals surface area contributed by atoms with E-state index in [9.17, 15) is 24.6 Å². The molecule has 0 amide bonds. The van der Waals surface area contributed by atoms with Gasteiger partial charge in [-0.3, -0.25) is 25.2 Å². The summed E-state index contributed by atoms with van der Waals surface area (Å²) in [6.45, 7) is 0. The van der Waals surface area contributed by atoms with E-state index in [0.717, 1.165) is 24.4 Å². The maximum Gasteiger partial charge on any atom is 0.288 e. The molecule has 0 N–H and O–H groups in total. The number of aliphatic imine (C=N–C) groups is 1. The van der Waals surface area contributed by atoms with E-state index in [1.54, 1.807) is 0 Å². The highest BCUT2D eigenvalue weighted by Crippen LogP contribution is 2.26. The van der Waals surface area contributed by atoms with Crippen molar-refractivity contribution in [2.75, 3.05) is 0 Å². The van der Waals surface area contributed by atoms with Crippen molar-refractivity contribution >= 4 is 34.9 Å². The zero-order chi connectivity index (χ0) is 16.3. The molecule has 9 heteroatoms. The summed E-state index contributed by atoms with van der Waals surface area (Å²) in [6, 6.07) is 6.84. The first-order chi connectivity index (χ1) is 10.4. The summed E-state index contributed by atoms with van der Waals surface area (Å²) in [4.78, 5) is 23.8. The molecule has 0 bridgehead atoms. The van der Waals surface area contributed by atoms with Crippen molar-refractivity contribution in [3.05, 3.63) is 73.0 Å². The number of nitrogens with zero attached hydrogens (tertiary/aromatic N) is 3. The molecule has 2 rings (SSSR count). The first kappa shape index (κ1) is 15.5. The molecule has 0 heterocycles. The van der Waals surface area contributed by atoms with Crippen LogP contribution in [0.15, 0.2) is 41.4 Å². The normalized spacial score (nSPS) is 10.8. The summed E-state index contributed by atoms with van der Waals surface area (Å²) in [5.41, 5.74) is -0.561. The number of hydrogen-bond donors (Lipinski definition) is 0. The molecule has 112 valence electrons. The molecule has 0 aliphatic rings. The molecule has 0 aliphatic heterocycles. The molecule has 2 aromatic rings. The minimum Gasteiger partial charge on any atom is -0.258 e. The van der Waals surface area contributed by atoms with Gasteiger partial charge in [-0.05, 0) is 17.7 Å². The predicted octanol–water partition coefficient (Wildman–Crippen LogP) is 4.05. The van der Waals surface area contributed by atoms with Crippen molar-refractivity contribution in [1.29, 1.82) is 0 Å². The molecule has 0 aliphatic carbocycles. The fourth-order valence-corrected chi connectivity index (χ4v) is 1.79. The molecule has 0 radical (unpaired) electrons. The second-order valence-corrected chi connectivity index (χ2v) is 4.53. The van der Waals surface area contributed by atoms with E-state index in [4.69, 9.17) is 11.6 Å². The lowest BCUT2D eigenvalue weighted by Crippen LogP contribution is -1.91. The Labute approximate surface area is 128 Å². The third-order valence-electron chi connectivity index (χ3n) is 2.66. The van der Waals surface area contributed by atoms with E-state index >= 15 is 0 Å². The van der Waals surface area contributed by atoms with Crippen LogP contribution in [0.3, 0.4) is 0 Å². The maximum atomic E-state index is 13.5. The van der Waals surface area contributed by atoms with E-state index in [-0.39, 0.29) is 22.1 Å². The van der Waals surface area contributed by atoms with Crippen molar-refractivity contribution in [3.8, 4) is 0 Å². The van der Waals surface area contributed by atoms with Crippen molar-refractivity contribution in [1.82, 2.24) is 0 Å². The van der Waals surface area contributed by atoms with E-state index in [2.05, 4.69) is 4.99 Å². The van der Waals surface area contributed by atoms with Crippen LogP contribution in [0.4, 0.5) is 21.5 Å². The minimum absolute atomic E-state index is 0.0383. The first-order valence-electron chi connectivity index (χ1n) is 5.80. The Morgan fingerprint density at radius 2 is 1.82 bits per heavy atom. The van der Waals surface area contributed by atoms with Gasteiger partial charge in [0.05, 0.1) is 9.85 Å². The highest BCUT2D eigenvalue weighted by atomic mass is 35.5. The SMILES string of the molecule is O=[N+]([O-])c1ccc(F)c(N=Cc2ccc(Cl)c([N+](=O)[O-])c2)c1. The summed E-state index contributed by atoms with van der Waals surface area (Å²) >= 11 is 5.67. The monoisotopic (exact) mass is 323 g/mol. The Kier molecular flexibility index (Phi) is 4.42. The lowest BCUT2D eigenvalue weighted by atomic mass is 10.2. The van der Waals surface area contributed by atoms with Crippen molar-refractivity contribution in [2.45, 2.75) is 0 Å². The van der Waals surface area contributed by atoms with Crippen LogP contribution in [0.25, 0.3) is 0 Å². The number of nitro groups is 2. The minimum atomic E-state index is -0.745. The van der Waals surface area contributed by atoms with Crippen LogP contribution in [0.1, 0.15) is 5.56 Å². The number of rotatable bonds is 4. The maximum absolute atomic E-state index is 13.5. The Bertz CT molecular complexity index is 795. The molecule has 0 saturated heterocycles. The van der Waals surface area contributed by atoms with Crippen LogP contribution >= 0.6 is 11.6 Å². The summed E-state index contributed by atoms with van der Waals surface area (Å²) in [5.74, 6) is -0.745. The first-order valence-corrected chi connectivity index (χ1v) is 6.18. The average molecular weight is 324 g/mol. The number of halogens is 2. The molecule has 0 aromatic heterocycles. The van der Waals surface area contributed by atoms with Gasteiger partial charge in [0, 0.05) is 24.4 Å². The number of non-ortho nitro benzene ring substituents is 1. The van der Waals surface area contributed by atoms with Crippen molar-refractivity contribution in [2.24, 2.45) is 4.99 Å². The van der Waals surface area contributed by atoms with Crippen LogP contribution in [0.2, 0.25) is 5.02 Å².